The average Bonchev–Trinajstić information content (AvgIpc) is 2.42. The number of nitrogens with zero attached hydrogens (tertiary/aromatic N) is 1. The number of hydrogen-bond acceptors (Lipinski definition) is 4. The van der Waals surface area contributed by atoms with E-state index in [1.165, 1.54) is 6.07 Å². The smallest absolute Gasteiger partial charge is 0.270 e. The number of non-ortho nitro benzene ring substituents is 1. The summed E-state index contributed by atoms with van der Waals surface area (Å²) in [5, 5.41) is 23.1. The zero-order chi connectivity index (χ0) is 14.5. The van der Waals surface area contributed by atoms with Crippen molar-refractivity contribution in [2.24, 2.45) is 0 Å². The number of benzene rings is 2. The molecule has 0 saturated heterocycles. The highest BCUT2D eigenvalue weighted by Crippen LogP contribution is 2.23. The Morgan fingerprint density at radius 1 is 1.20 bits per heavy atom. The Hall–Kier alpha value is -1.83. The maximum atomic E-state index is 10.7. The van der Waals surface area contributed by atoms with Crippen LogP contribution in [0.2, 0.25) is 0 Å². The maximum Gasteiger partial charge on any atom is 0.270 e. The standard InChI is InChI=1S/C14H13IN2O3/c15-13-9-11(17(19)20)3-6-14(13)16-8-7-10-1-4-12(18)5-2-10/h1-6,9,16,18H,7-8H2. The van der Waals surface area contributed by atoms with Crippen LogP contribution in [-0.2, 0) is 6.42 Å². The second-order valence-corrected chi connectivity index (χ2v) is 5.43. The Morgan fingerprint density at radius 2 is 1.90 bits per heavy atom. The Labute approximate surface area is 129 Å². The van der Waals surface area contributed by atoms with E-state index in [0.717, 1.165) is 27.8 Å². The van der Waals surface area contributed by atoms with Crippen molar-refractivity contribution in [3.8, 4) is 5.75 Å². The highest BCUT2D eigenvalue weighted by molar-refractivity contribution is 14.1. The van der Waals surface area contributed by atoms with E-state index in [2.05, 4.69) is 27.9 Å². The molecule has 5 nitrogen and oxygen atoms in total. The Morgan fingerprint density at radius 3 is 2.50 bits per heavy atom. The number of nitro benzene ring substituents is 1. The molecule has 0 aliphatic rings. The number of phenolic OH excluding ortho intramolecular Hbond substituents is 1. The highest BCUT2D eigenvalue weighted by Gasteiger charge is 2.08. The molecule has 0 unspecified atom stereocenters. The molecule has 0 amide bonds. The molecule has 0 fully saturated rings. The van der Waals surface area contributed by atoms with Crippen LogP contribution >= 0.6 is 22.6 Å². The fourth-order valence-electron chi connectivity index (χ4n) is 1.77. The summed E-state index contributed by atoms with van der Waals surface area (Å²) in [5.41, 5.74) is 2.10. The molecule has 0 spiro atoms. The largest absolute Gasteiger partial charge is 0.508 e. The molecule has 0 aliphatic carbocycles. The monoisotopic (exact) mass is 384 g/mol. The first-order chi connectivity index (χ1) is 9.56. The van der Waals surface area contributed by atoms with Gasteiger partial charge in [-0.1, -0.05) is 12.1 Å². The van der Waals surface area contributed by atoms with E-state index in [1.807, 2.05) is 12.1 Å². The number of hydrogen-bond donors (Lipinski definition) is 2. The third kappa shape index (κ3) is 3.83. The summed E-state index contributed by atoms with van der Waals surface area (Å²) >= 11 is 2.08. The zero-order valence-corrected chi connectivity index (χ0v) is 12.7. The quantitative estimate of drug-likeness (QED) is 0.470. The Kier molecular flexibility index (Phi) is 4.78. The first-order valence-electron chi connectivity index (χ1n) is 6.02. The summed E-state index contributed by atoms with van der Waals surface area (Å²) in [4.78, 5) is 10.3. The van der Waals surface area contributed by atoms with Crippen LogP contribution in [0.4, 0.5) is 11.4 Å². The van der Waals surface area contributed by atoms with Crippen LogP contribution < -0.4 is 5.32 Å². The van der Waals surface area contributed by atoms with Crippen LogP contribution in [-0.4, -0.2) is 16.6 Å². The average molecular weight is 384 g/mol. The third-order valence-corrected chi connectivity index (χ3v) is 3.72. The molecule has 2 aromatic carbocycles. The number of nitro groups is 1. The van der Waals surface area contributed by atoms with E-state index >= 15 is 0 Å². The van der Waals surface area contributed by atoms with Crippen molar-refractivity contribution in [1.29, 1.82) is 0 Å². The fraction of sp³-hybridized carbons (Fsp3) is 0.143. The fourth-order valence-corrected chi connectivity index (χ4v) is 2.45. The number of phenols is 1. The molecular formula is C14H13IN2O3. The molecule has 0 radical (unpaired) electrons. The molecule has 20 heavy (non-hydrogen) atoms. The normalized spacial score (nSPS) is 10.2. The summed E-state index contributed by atoms with van der Waals surface area (Å²) in [7, 11) is 0. The summed E-state index contributed by atoms with van der Waals surface area (Å²) < 4.78 is 0.822. The first-order valence-corrected chi connectivity index (χ1v) is 7.10. The predicted molar refractivity (Wildman–Crippen MR) is 86.1 cm³/mol. The van der Waals surface area contributed by atoms with Gasteiger partial charge in [-0.2, -0.15) is 0 Å². The molecule has 6 heteroatoms. The van der Waals surface area contributed by atoms with Gasteiger partial charge >= 0.3 is 0 Å². The van der Waals surface area contributed by atoms with E-state index in [-0.39, 0.29) is 11.4 Å². The van der Waals surface area contributed by atoms with Gasteiger partial charge in [-0.25, -0.2) is 0 Å². The van der Waals surface area contributed by atoms with Crippen LogP contribution in [0.5, 0.6) is 5.75 Å². The molecular weight excluding hydrogens is 371 g/mol. The number of anilines is 1. The topological polar surface area (TPSA) is 75.4 Å². The molecule has 0 saturated carbocycles. The van der Waals surface area contributed by atoms with E-state index in [0.29, 0.717) is 0 Å². The van der Waals surface area contributed by atoms with Crippen molar-refractivity contribution in [3.05, 3.63) is 61.7 Å². The molecule has 0 atom stereocenters. The van der Waals surface area contributed by atoms with Crippen molar-refractivity contribution in [2.75, 3.05) is 11.9 Å². The number of nitrogens with one attached hydrogen (secondary N) is 1. The van der Waals surface area contributed by atoms with Crippen LogP contribution in [0.25, 0.3) is 0 Å². The van der Waals surface area contributed by atoms with Crippen molar-refractivity contribution in [1.82, 2.24) is 0 Å². The van der Waals surface area contributed by atoms with Gasteiger partial charge in [-0.3, -0.25) is 10.1 Å². The SMILES string of the molecule is O=[N+]([O-])c1ccc(NCCc2ccc(O)cc2)c(I)c1. The van der Waals surface area contributed by atoms with E-state index < -0.39 is 4.92 Å². The minimum Gasteiger partial charge on any atom is -0.508 e. The highest BCUT2D eigenvalue weighted by atomic mass is 127. The van der Waals surface area contributed by atoms with Crippen LogP contribution in [0.15, 0.2) is 42.5 Å². The van der Waals surface area contributed by atoms with E-state index in [9.17, 15) is 15.2 Å². The van der Waals surface area contributed by atoms with Crippen molar-refractivity contribution in [3.63, 3.8) is 0 Å². The number of halogens is 1. The van der Waals surface area contributed by atoms with Gasteiger partial charge in [0.2, 0.25) is 0 Å². The third-order valence-electron chi connectivity index (χ3n) is 2.83. The minimum absolute atomic E-state index is 0.0958. The minimum atomic E-state index is -0.400. The van der Waals surface area contributed by atoms with Crippen LogP contribution in [0.1, 0.15) is 5.56 Å². The summed E-state index contributed by atoms with van der Waals surface area (Å²) in [6.45, 7) is 0.721. The molecule has 0 bridgehead atoms. The van der Waals surface area contributed by atoms with Gasteiger partial charge in [0, 0.05) is 27.9 Å². The second-order valence-electron chi connectivity index (χ2n) is 4.26. The lowest BCUT2D eigenvalue weighted by molar-refractivity contribution is -0.384. The Balaban J connectivity index is 1.94. The molecule has 104 valence electrons. The van der Waals surface area contributed by atoms with Crippen molar-refractivity contribution >= 4 is 34.0 Å². The summed E-state index contributed by atoms with van der Waals surface area (Å²) in [6, 6.07) is 11.8. The lowest BCUT2D eigenvalue weighted by atomic mass is 10.1. The first kappa shape index (κ1) is 14.6. The predicted octanol–water partition coefficient (Wildman–Crippen LogP) is 3.56. The number of aromatic hydroxyl groups is 1. The van der Waals surface area contributed by atoms with Gasteiger partial charge in [-0.05, 0) is 52.8 Å². The van der Waals surface area contributed by atoms with E-state index in [4.69, 9.17) is 0 Å². The van der Waals surface area contributed by atoms with Crippen molar-refractivity contribution in [2.45, 2.75) is 6.42 Å². The van der Waals surface area contributed by atoms with Gasteiger partial charge in [0.05, 0.1) is 4.92 Å². The summed E-state index contributed by atoms with van der Waals surface area (Å²) in [5.74, 6) is 0.256. The second kappa shape index (κ2) is 6.56. The molecule has 2 rings (SSSR count). The van der Waals surface area contributed by atoms with Gasteiger partial charge in [-0.15, -0.1) is 0 Å². The molecule has 0 aliphatic heterocycles. The van der Waals surface area contributed by atoms with Gasteiger partial charge in [0.1, 0.15) is 5.75 Å². The molecule has 0 aromatic heterocycles. The van der Waals surface area contributed by atoms with Crippen LogP contribution in [0.3, 0.4) is 0 Å². The molecule has 0 heterocycles. The maximum absolute atomic E-state index is 10.7. The van der Waals surface area contributed by atoms with Gasteiger partial charge in [0.25, 0.3) is 5.69 Å². The number of rotatable bonds is 5. The molecule has 2 N–H and O–H groups in total. The molecule has 2 aromatic rings. The van der Waals surface area contributed by atoms with Crippen molar-refractivity contribution < 1.29 is 10.0 Å². The Bertz CT molecular complexity index is 614. The zero-order valence-electron chi connectivity index (χ0n) is 10.5. The van der Waals surface area contributed by atoms with E-state index in [1.54, 1.807) is 24.3 Å². The lowest BCUT2D eigenvalue weighted by Gasteiger charge is -2.08. The lowest BCUT2D eigenvalue weighted by Crippen LogP contribution is -2.06. The van der Waals surface area contributed by atoms with Gasteiger partial charge in [0.15, 0.2) is 0 Å². The van der Waals surface area contributed by atoms with Gasteiger partial charge < -0.3 is 10.4 Å². The van der Waals surface area contributed by atoms with Crippen LogP contribution in [0, 0.1) is 13.7 Å². The summed E-state index contributed by atoms with van der Waals surface area (Å²) in [6.07, 6.45) is 0.813.